The number of Topliss-reactive ketones (excluding diaryl/α,β-unsaturated/α-hetero) is 1. The summed E-state index contributed by atoms with van der Waals surface area (Å²) in [7, 11) is 0. The summed E-state index contributed by atoms with van der Waals surface area (Å²) in [5.41, 5.74) is 2.56. The van der Waals surface area contributed by atoms with Gasteiger partial charge in [0.25, 0.3) is 0 Å². The van der Waals surface area contributed by atoms with Gasteiger partial charge in [-0.25, -0.2) is 0 Å². The van der Waals surface area contributed by atoms with Crippen molar-refractivity contribution in [2.24, 2.45) is 64.1 Å². The number of hydrogen-bond acceptors (Lipinski definition) is 1. The van der Waals surface area contributed by atoms with Crippen LogP contribution in [0.2, 0.25) is 0 Å². The lowest BCUT2D eigenvalue weighted by Crippen LogP contribution is -2.55. The molecule has 0 aromatic heterocycles. The summed E-state index contributed by atoms with van der Waals surface area (Å²) < 4.78 is 0. The Hall–Kier alpha value is -0.590. The first kappa shape index (κ1) is 23.6. The molecule has 1 nitrogen and oxygen atoms in total. The molecule has 176 valence electrons. The molecule has 0 aromatic carbocycles. The molecule has 4 saturated carbocycles. The average Bonchev–Trinajstić information content (AvgIpc) is 3.07. The van der Waals surface area contributed by atoms with Gasteiger partial charge < -0.3 is 0 Å². The van der Waals surface area contributed by atoms with Crippen LogP contribution in [0.5, 0.6) is 0 Å². The van der Waals surface area contributed by atoms with E-state index in [4.69, 9.17) is 0 Å². The third kappa shape index (κ3) is 3.69. The minimum absolute atomic E-state index is 0.306. The number of rotatable bonds is 4. The molecular weight excluding hydrogens is 376 g/mol. The maximum Gasteiger partial charge on any atom is 0.136 e. The van der Waals surface area contributed by atoms with E-state index in [2.05, 4.69) is 61.5 Å². The van der Waals surface area contributed by atoms with Gasteiger partial charge in [0.1, 0.15) is 5.78 Å². The normalized spacial score (nSPS) is 47.5. The summed E-state index contributed by atoms with van der Waals surface area (Å²) >= 11 is 0. The van der Waals surface area contributed by atoms with E-state index >= 15 is 0 Å². The van der Waals surface area contributed by atoms with Crippen LogP contribution in [-0.4, -0.2) is 5.78 Å². The zero-order chi connectivity index (χ0) is 22.7. The van der Waals surface area contributed by atoms with E-state index in [0.29, 0.717) is 40.3 Å². The summed E-state index contributed by atoms with van der Waals surface area (Å²) in [6.07, 6.45) is 13.1. The van der Waals surface area contributed by atoms with Crippen LogP contribution in [0.25, 0.3) is 0 Å². The smallest absolute Gasteiger partial charge is 0.136 e. The largest absolute Gasteiger partial charge is 0.299 e. The maximum atomic E-state index is 12.5. The Morgan fingerprint density at radius 3 is 2.23 bits per heavy atom. The number of allylic oxidation sites excluding steroid dienone is 2. The third-order valence-corrected chi connectivity index (χ3v) is 11.9. The van der Waals surface area contributed by atoms with Gasteiger partial charge in [0.15, 0.2) is 0 Å². The van der Waals surface area contributed by atoms with Gasteiger partial charge >= 0.3 is 0 Å². The minimum atomic E-state index is 0.306. The molecule has 0 radical (unpaired) electrons. The van der Waals surface area contributed by atoms with Crippen LogP contribution in [0.4, 0.5) is 0 Å². The molecule has 0 N–H and O–H groups in total. The summed E-state index contributed by atoms with van der Waals surface area (Å²) in [6.45, 7) is 19.5. The molecule has 1 heteroatoms. The lowest BCUT2D eigenvalue weighted by Gasteiger charge is -2.61. The Morgan fingerprint density at radius 2 is 1.55 bits per heavy atom. The fraction of sp³-hybridized carbons (Fsp3) is 0.900. The molecule has 4 aliphatic carbocycles. The predicted octanol–water partition coefficient (Wildman–Crippen LogP) is 8.33. The van der Waals surface area contributed by atoms with Crippen molar-refractivity contribution in [2.45, 2.75) is 107 Å². The Morgan fingerprint density at radius 1 is 0.903 bits per heavy atom. The number of hydrogen-bond donors (Lipinski definition) is 0. The first-order valence-electron chi connectivity index (χ1n) is 13.7. The van der Waals surface area contributed by atoms with E-state index in [9.17, 15) is 4.79 Å². The molecule has 4 fully saturated rings. The molecule has 0 heterocycles. The highest BCUT2D eigenvalue weighted by Gasteiger charge is 2.61. The van der Waals surface area contributed by atoms with Gasteiger partial charge in [0.2, 0.25) is 0 Å². The standard InChI is InChI=1S/C30H50O/c1-18(2)21(5)19(3)17-20(4)24-11-12-26-23-9-10-25-22(6)28(31)14-16-30(25,8)27(23)13-15-29(24,26)7/h17-18,20-27H,9-16H2,1-8H3/t20-,21?,22?,23+,24-,25+,26+,27+,29-,30+/m1/s1. The molecule has 0 amide bonds. The van der Waals surface area contributed by atoms with Crippen LogP contribution in [0.15, 0.2) is 11.6 Å². The van der Waals surface area contributed by atoms with E-state index in [-0.39, 0.29) is 0 Å². The monoisotopic (exact) mass is 426 g/mol. The first-order chi connectivity index (χ1) is 14.5. The van der Waals surface area contributed by atoms with Gasteiger partial charge in [-0.3, -0.25) is 4.79 Å². The lowest BCUT2D eigenvalue weighted by atomic mass is 9.43. The summed E-state index contributed by atoms with van der Waals surface area (Å²) in [5.74, 6) is 7.18. The SMILES string of the molecule is CC(=C[C@@H](C)[C@H]1CC[C@H]2[C@@H]3CC[C@H]4C(C)C(=O)CC[C@]4(C)[C@H]3CC[C@]12C)C(C)C(C)C. The summed E-state index contributed by atoms with van der Waals surface area (Å²) in [5, 5.41) is 0. The van der Waals surface area contributed by atoms with Crippen LogP contribution in [0, 0.1) is 64.1 Å². The zero-order valence-electron chi connectivity index (χ0n) is 21.8. The highest BCUT2D eigenvalue weighted by Crippen LogP contribution is 2.68. The van der Waals surface area contributed by atoms with Gasteiger partial charge in [-0.1, -0.05) is 60.1 Å². The molecule has 10 atom stereocenters. The highest BCUT2D eigenvalue weighted by atomic mass is 16.1. The van der Waals surface area contributed by atoms with Crippen molar-refractivity contribution in [3.63, 3.8) is 0 Å². The Bertz CT molecular complexity index is 718. The van der Waals surface area contributed by atoms with Gasteiger partial charge in [-0.2, -0.15) is 0 Å². The summed E-state index contributed by atoms with van der Waals surface area (Å²) in [6, 6.07) is 0. The fourth-order valence-electron chi connectivity index (χ4n) is 9.63. The van der Waals surface area contributed by atoms with Crippen molar-refractivity contribution in [3.8, 4) is 0 Å². The number of carbonyl (C=O) groups excluding carboxylic acids is 1. The van der Waals surface area contributed by atoms with Crippen LogP contribution in [-0.2, 0) is 4.79 Å². The molecular formula is C30H50O. The van der Waals surface area contributed by atoms with E-state index in [0.717, 1.165) is 36.0 Å². The van der Waals surface area contributed by atoms with Crippen molar-refractivity contribution in [3.05, 3.63) is 11.6 Å². The molecule has 0 aromatic rings. The number of fused-ring (bicyclic) bond motifs is 5. The van der Waals surface area contributed by atoms with E-state index < -0.39 is 0 Å². The van der Waals surface area contributed by atoms with E-state index in [1.54, 1.807) is 5.57 Å². The van der Waals surface area contributed by atoms with Gasteiger partial charge in [-0.05, 0) is 110 Å². The van der Waals surface area contributed by atoms with Crippen LogP contribution in [0.3, 0.4) is 0 Å². The second-order valence-electron chi connectivity index (χ2n) is 13.4. The maximum absolute atomic E-state index is 12.5. The van der Waals surface area contributed by atoms with E-state index in [1.807, 2.05) is 0 Å². The van der Waals surface area contributed by atoms with Crippen LogP contribution >= 0.6 is 0 Å². The second-order valence-corrected chi connectivity index (χ2v) is 13.4. The topological polar surface area (TPSA) is 17.1 Å². The Labute approximate surface area is 193 Å². The minimum Gasteiger partial charge on any atom is -0.299 e. The van der Waals surface area contributed by atoms with Crippen molar-refractivity contribution in [1.82, 2.24) is 0 Å². The molecule has 2 unspecified atom stereocenters. The van der Waals surface area contributed by atoms with E-state index in [1.165, 1.54) is 44.9 Å². The number of carbonyl (C=O) groups is 1. The third-order valence-electron chi connectivity index (χ3n) is 11.9. The quantitative estimate of drug-likeness (QED) is 0.413. The Balaban J connectivity index is 1.54. The van der Waals surface area contributed by atoms with Crippen molar-refractivity contribution >= 4 is 5.78 Å². The van der Waals surface area contributed by atoms with Gasteiger partial charge in [0, 0.05) is 12.3 Å². The van der Waals surface area contributed by atoms with Crippen LogP contribution < -0.4 is 0 Å². The van der Waals surface area contributed by atoms with Crippen molar-refractivity contribution in [2.75, 3.05) is 0 Å². The first-order valence-corrected chi connectivity index (χ1v) is 13.7. The zero-order valence-corrected chi connectivity index (χ0v) is 21.8. The Kier molecular flexibility index (Phi) is 6.33. The molecule has 4 aliphatic rings. The highest BCUT2D eigenvalue weighted by molar-refractivity contribution is 5.82. The summed E-state index contributed by atoms with van der Waals surface area (Å²) in [4.78, 5) is 12.5. The number of ketones is 1. The molecule has 0 saturated heterocycles. The van der Waals surface area contributed by atoms with Crippen LogP contribution in [0.1, 0.15) is 107 Å². The molecule has 4 rings (SSSR count). The predicted molar refractivity (Wildman–Crippen MR) is 132 cm³/mol. The van der Waals surface area contributed by atoms with Gasteiger partial charge in [-0.15, -0.1) is 0 Å². The second kappa shape index (κ2) is 8.32. The molecule has 0 spiro atoms. The van der Waals surface area contributed by atoms with Gasteiger partial charge in [0.05, 0.1) is 0 Å². The molecule has 0 bridgehead atoms. The molecule has 0 aliphatic heterocycles. The average molecular weight is 427 g/mol. The van der Waals surface area contributed by atoms with Crippen molar-refractivity contribution < 1.29 is 4.79 Å². The van der Waals surface area contributed by atoms with Crippen molar-refractivity contribution in [1.29, 1.82) is 0 Å². The molecule has 31 heavy (non-hydrogen) atoms. The fourth-order valence-corrected chi connectivity index (χ4v) is 9.63. The lowest BCUT2D eigenvalue weighted by molar-refractivity contribution is -0.150.